The van der Waals surface area contributed by atoms with Crippen molar-refractivity contribution in [2.24, 2.45) is 0 Å². The van der Waals surface area contributed by atoms with Gasteiger partial charge in [-0.1, -0.05) is 48.0 Å². The molecule has 6 nitrogen and oxygen atoms in total. The Kier molecular flexibility index (Phi) is 7.14. The standard InChI is InChI=1S/C24H26N2O4/c1-17-7-10-20(11-8-17)23(27)22-6-4-14-26(22)13-3-5-21-12-9-19(15-25-21)16-30-18(2)24(28)29/h3-5,7-12,14-15,18,22H,6,13,16H2,1-2H3,(H,28,29)/b5-3+. The second-order valence-corrected chi connectivity index (χ2v) is 7.35. The number of carboxylic acids is 1. The Labute approximate surface area is 176 Å². The van der Waals surface area contributed by atoms with E-state index in [-0.39, 0.29) is 18.4 Å². The maximum Gasteiger partial charge on any atom is 0.332 e. The summed E-state index contributed by atoms with van der Waals surface area (Å²) in [6, 6.07) is 11.2. The van der Waals surface area contributed by atoms with Crippen LogP contribution >= 0.6 is 0 Å². The molecule has 1 N–H and O–H groups in total. The van der Waals surface area contributed by atoms with Crippen LogP contribution in [0, 0.1) is 6.92 Å². The summed E-state index contributed by atoms with van der Waals surface area (Å²) in [6.07, 6.45) is 9.42. The third-order valence-corrected chi connectivity index (χ3v) is 5.00. The Balaban J connectivity index is 1.54. The molecule has 0 spiro atoms. The van der Waals surface area contributed by atoms with E-state index in [9.17, 15) is 9.59 Å². The van der Waals surface area contributed by atoms with Crippen LogP contribution < -0.4 is 0 Å². The minimum absolute atomic E-state index is 0.131. The molecule has 6 heteroatoms. The third-order valence-electron chi connectivity index (χ3n) is 5.00. The van der Waals surface area contributed by atoms with Gasteiger partial charge in [-0.05, 0) is 44.2 Å². The molecular formula is C24H26N2O4. The van der Waals surface area contributed by atoms with Gasteiger partial charge in [0, 0.05) is 18.3 Å². The predicted octanol–water partition coefficient (Wildman–Crippen LogP) is 3.86. The van der Waals surface area contributed by atoms with Gasteiger partial charge in [-0.25, -0.2) is 4.79 Å². The lowest BCUT2D eigenvalue weighted by atomic mass is 10.0. The van der Waals surface area contributed by atoms with Gasteiger partial charge in [0.05, 0.1) is 18.3 Å². The van der Waals surface area contributed by atoms with Crippen LogP contribution in [0.15, 0.2) is 60.9 Å². The molecule has 3 rings (SSSR count). The number of hydrogen-bond acceptors (Lipinski definition) is 5. The molecule has 1 aliphatic rings. The second-order valence-electron chi connectivity index (χ2n) is 7.35. The highest BCUT2D eigenvalue weighted by Crippen LogP contribution is 2.19. The third kappa shape index (κ3) is 5.64. The van der Waals surface area contributed by atoms with Crippen molar-refractivity contribution in [1.29, 1.82) is 0 Å². The van der Waals surface area contributed by atoms with Gasteiger partial charge in [-0.15, -0.1) is 0 Å². The lowest BCUT2D eigenvalue weighted by Crippen LogP contribution is -2.34. The molecule has 0 aliphatic carbocycles. The van der Waals surface area contributed by atoms with Gasteiger partial charge in [0.1, 0.15) is 0 Å². The van der Waals surface area contributed by atoms with Crippen LogP contribution in [-0.4, -0.2) is 45.4 Å². The van der Waals surface area contributed by atoms with Crippen molar-refractivity contribution in [3.63, 3.8) is 0 Å². The zero-order valence-electron chi connectivity index (χ0n) is 17.2. The van der Waals surface area contributed by atoms with E-state index < -0.39 is 12.1 Å². The summed E-state index contributed by atoms with van der Waals surface area (Å²) in [5.41, 5.74) is 3.47. The molecule has 2 aromatic rings. The van der Waals surface area contributed by atoms with E-state index in [1.165, 1.54) is 6.92 Å². The van der Waals surface area contributed by atoms with Crippen LogP contribution in [0.2, 0.25) is 0 Å². The maximum atomic E-state index is 12.8. The SMILES string of the molecule is Cc1ccc(C(=O)C2CC=CN2C/C=C/c2ccc(COC(C)C(=O)O)cn2)cc1. The van der Waals surface area contributed by atoms with E-state index in [4.69, 9.17) is 9.84 Å². The summed E-state index contributed by atoms with van der Waals surface area (Å²) in [4.78, 5) is 30.0. The van der Waals surface area contributed by atoms with Crippen LogP contribution in [0.1, 0.15) is 40.5 Å². The van der Waals surface area contributed by atoms with Gasteiger partial charge in [0.2, 0.25) is 0 Å². The summed E-state index contributed by atoms with van der Waals surface area (Å²) in [7, 11) is 0. The first-order chi connectivity index (χ1) is 14.4. The molecule has 0 fully saturated rings. The number of hydrogen-bond donors (Lipinski definition) is 1. The topological polar surface area (TPSA) is 79.7 Å². The first-order valence-electron chi connectivity index (χ1n) is 9.93. The molecule has 156 valence electrons. The molecule has 2 unspecified atom stereocenters. The number of carbonyl (C=O) groups is 2. The van der Waals surface area contributed by atoms with E-state index in [0.717, 1.165) is 22.4 Å². The number of nitrogens with zero attached hydrogens (tertiary/aromatic N) is 2. The zero-order valence-corrected chi connectivity index (χ0v) is 17.2. The van der Waals surface area contributed by atoms with E-state index in [2.05, 4.69) is 4.98 Å². The number of benzene rings is 1. The number of ether oxygens (including phenoxy) is 1. The van der Waals surface area contributed by atoms with Crippen molar-refractivity contribution in [3.05, 3.63) is 83.3 Å². The van der Waals surface area contributed by atoms with Crippen LogP contribution in [0.5, 0.6) is 0 Å². The summed E-state index contributed by atoms with van der Waals surface area (Å²) in [6.45, 7) is 4.32. The van der Waals surface area contributed by atoms with Crippen molar-refractivity contribution in [2.75, 3.05) is 6.54 Å². The minimum Gasteiger partial charge on any atom is -0.479 e. The van der Waals surface area contributed by atoms with E-state index >= 15 is 0 Å². The molecule has 0 saturated carbocycles. The average Bonchev–Trinajstić information content (AvgIpc) is 3.21. The number of carbonyl (C=O) groups excluding carboxylic acids is 1. The molecule has 2 heterocycles. The van der Waals surface area contributed by atoms with Crippen molar-refractivity contribution >= 4 is 17.8 Å². The number of aromatic nitrogens is 1. The summed E-state index contributed by atoms with van der Waals surface area (Å²) >= 11 is 0. The Hall–Kier alpha value is -3.25. The van der Waals surface area contributed by atoms with E-state index in [1.807, 2.05) is 72.6 Å². The first-order valence-corrected chi connectivity index (χ1v) is 9.93. The molecule has 0 radical (unpaired) electrons. The van der Waals surface area contributed by atoms with Gasteiger partial charge in [-0.3, -0.25) is 9.78 Å². The fourth-order valence-corrected chi connectivity index (χ4v) is 3.13. The van der Waals surface area contributed by atoms with Gasteiger partial charge in [-0.2, -0.15) is 0 Å². The quantitative estimate of drug-likeness (QED) is 0.637. The summed E-state index contributed by atoms with van der Waals surface area (Å²) in [5.74, 6) is -0.857. The number of Topliss-reactive ketones (excluding diaryl/α,β-unsaturated/α-hetero) is 1. The molecule has 30 heavy (non-hydrogen) atoms. The smallest absolute Gasteiger partial charge is 0.332 e. The Morgan fingerprint density at radius 3 is 2.70 bits per heavy atom. The van der Waals surface area contributed by atoms with Crippen LogP contribution in [0.3, 0.4) is 0 Å². The van der Waals surface area contributed by atoms with E-state index in [0.29, 0.717) is 13.0 Å². The van der Waals surface area contributed by atoms with Gasteiger partial charge in [0.15, 0.2) is 11.9 Å². The van der Waals surface area contributed by atoms with E-state index in [1.54, 1.807) is 6.20 Å². The highest BCUT2D eigenvalue weighted by Gasteiger charge is 2.26. The number of ketones is 1. The van der Waals surface area contributed by atoms with Crippen LogP contribution in [0.25, 0.3) is 6.08 Å². The fraction of sp³-hybridized carbons (Fsp3) is 0.292. The number of rotatable bonds is 9. The highest BCUT2D eigenvalue weighted by atomic mass is 16.5. The summed E-state index contributed by atoms with van der Waals surface area (Å²) in [5, 5.41) is 8.84. The monoisotopic (exact) mass is 406 g/mol. The molecule has 1 aromatic heterocycles. The van der Waals surface area contributed by atoms with Crippen molar-refractivity contribution < 1.29 is 19.4 Å². The molecule has 0 saturated heterocycles. The predicted molar refractivity (Wildman–Crippen MR) is 115 cm³/mol. The van der Waals surface area contributed by atoms with Crippen molar-refractivity contribution in [2.45, 2.75) is 39.0 Å². The molecule has 2 atom stereocenters. The average molecular weight is 406 g/mol. The Bertz CT molecular complexity index is 933. The number of aryl methyl sites for hydroxylation is 1. The first kappa shape index (κ1) is 21.5. The van der Waals surface area contributed by atoms with Crippen molar-refractivity contribution in [1.82, 2.24) is 9.88 Å². The normalized spacial score (nSPS) is 16.9. The van der Waals surface area contributed by atoms with Gasteiger partial charge in [0.25, 0.3) is 0 Å². The summed E-state index contributed by atoms with van der Waals surface area (Å²) < 4.78 is 5.25. The lowest BCUT2D eigenvalue weighted by Gasteiger charge is -2.23. The largest absolute Gasteiger partial charge is 0.479 e. The van der Waals surface area contributed by atoms with Crippen LogP contribution in [0.4, 0.5) is 0 Å². The fourth-order valence-electron chi connectivity index (χ4n) is 3.13. The molecular weight excluding hydrogens is 380 g/mol. The Morgan fingerprint density at radius 2 is 2.03 bits per heavy atom. The number of pyridine rings is 1. The maximum absolute atomic E-state index is 12.8. The number of aliphatic carboxylic acids is 1. The Morgan fingerprint density at radius 1 is 1.27 bits per heavy atom. The second kappa shape index (κ2) is 9.98. The van der Waals surface area contributed by atoms with Gasteiger partial charge < -0.3 is 14.7 Å². The van der Waals surface area contributed by atoms with Crippen LogP contribution in [-0.2, 0) is 16.1 Å². The molecule has 1 aliphatic heterocycles. The van der Waals surface area contributed by atoms with Gasteiger partial charge >= 0.3 is 5.97 Å². The molecule has 1 aromatic carbocycles. The minimum atomic E-state index is -0.988. The number of carboxylic acid groups (broad SMARTS) is 1. The zero-order chi connectivity index (χ0) is 21.5. The molecule has 0 bridgehead atoms. The van der Waals surface area contributed by atoms with Crippen molar-refractivity contribution in [3.8, 4) is 0 Å². The lowest BCUT2D eigenvalue weighted by molar-refractivity contribution is -0.149. The molecule has 0 amide bonds. The highest BCUT2D eigenvalue weighted by molar-refractivity contribution is 6.00.